The van der Waals surface area contributed by atoms with Gasteiger partial charge in [0.15, 0.2) is 0 Å². The monoisotopic (exact) mass is 1060 g/mol. The summed E-state index contributed by atoms with van der Waals surface area (Å²) in [4.78, 5) is 33.7. The van der Waals surface area contributed by atoms with Crippen LogP contribution >= 0.6 is 0 Å². The summed E-state index contributed by atoms with van der Waals surface area (Å²) in [6, 6.07) is 35.9. The molecule has 78 heavy (non-hydrogen) atoms. The lowest BCUT2D eigenvalue weighted by Gasteiger charge is -2.16. The van der Waals surface area contributed by atoms with Crippen LogP contribution in [0, 0.1) is 53.0 Å². The fourth-order valence-electron chi connectivity index (χ4n) is 9.45. The average molecular weight is 1060 g/mol. The Bertz CT molecular complexity index is 3190. The first-order valence-electron chi connectivity index (χ1n) is 25.6. The summed E-state index contributed by atoms with van der Waals surface area (Å²) in [6.07, 6.45) is 4.74. The highest BCUT2D eigenvalue weighted by molar-refractivity contribution is 5.72. The van der Waals surface area contributed by atoms with Crippen LogP contribution < -0.4 is 9.47 Å². The first-order valence-corrected chi connectivity index (χ1v) is 25.6. The summed E-state index contributed by atoms with van der Waals surface area (Å²) < 4.78 is 60.7. The maximum atomic E-state index is 13.3. The van der Waals surface area contributed by atoms with E-state index < -0.39 is 5.97 Å². The molecule has 0 amide bonds. The van der Waals surface area contributed by atoms with Gasteiger partial charge in [-0.2, -0.15) is 0 Å². The van der Waals surface area contributed by atoms with E-state index in [1.807, 2.05) is 48.5 Å². The van der Waals surface area contributed by atoms with E-state index >= 15 is 0 Å². The van der Waals surface area contributed by atoms with Crippen LogP contribution in [0.1, 0.15) is 145 Å². The predicted octanol–water partition coefficient (Wildman–Crippen LogP) is 12.9. The van der Waals surface area contributed by atoms with Gasteiger partial charge in [-0.1, -0.05) is 72.4 Å². The van der Waals surface area contributed by atoms with Crippen molar-refractivity contribution < 1.29 is 61.8 Å². The van der Waals surface area contributed by atoms with Crippen LogP contribution in [0.2, 0.25) is 0 Å². The molecular weight excluding hydrogens is 998 g/mol. The van der Waals surface area contributed by atoms with Crippen molar-refractivity contribution in [1.29, 1.82) is 0 Å². The molecule has 6 aromatic carbocycles. The lowest BCUT2D eigenvalue weighted by Crippen LogP contribution is -2.08. The fraction of sp³-hybridized carbons (Fsp3) is 0.308. The smallest absolute Gasteiger partial charge is 0.307 e. The molecule has 404 valence electrons. The molecule has 0 aliphatic heterocycles. The molecule has 0 aromatic heterocycles. The Balaban J connectivity index is 0.000000176. The number of aromatic hydroxyl groups is 1. The van der Waals surface area contributed by atoms with E-state index in [-0.39, 0.29) is 90.5 Å². The number of methoxy groups -OCH3 is 2. The minimum absolute atomic E-state index is 0.0252. The minimum Gasteiger partial charge on any atom is -0.508 e. The summed E-state index contributed by atoms with van der Waals surface area (Å²) in [5.41, 5.74) is 8.66. The van der Waals surface area contributed by atoms with Crippen LogP contribution in [-0.2, 0) is 43.1 Å². The molecule has 0 saturated heterocycles. The molecule has 0 bridgehead atoms. The molecule has 0 heterocycles. The second-order valence-corrected chi connectivity index (χ2v) is 18.6. The summed E-state index contributed by atoms with van der Waals surface area (Å²) in [5, 5.41) is 27.5. The van der Waals surface area contributed by atoms with Crippen molar-refractivity contribution in [1.82, 2.24) is 0 Å². The molecule has 3 N–H and O–H groups in total. The van der Waals surface area contributed by atoms with Gasteiger partial charge in [0.2, 0.25) is 0 Å². The molecule has 10 nitrogen and oxygen atoms in total. The van der Waals surface area contributed by atoms with Gasteiger partial charge in [-0.25, -0.2) is 13.2 Å². The molecule has 6 aromatic rings. The minimum atomic E-state index is -0.872. The number of phenols is 1. The van der Waals surface area contributed by atoms with E-state index in [1.165, 1.54) is 38.5 Å². The van der Waals surface area contributed by atoms with E-state index in [0.717, 1.165) is 94.3 Å². The number of esters is 2. The highest BCUT2D eigenvalue weighted by atomic mass is 19.1. The molecule has 0 radical (unpaired) electrons. The number of carbonyl (C=O) groups excluding carboxylic acids is 2. The molecule has 3 unspecified atom stereocenters. The highest BCUT2D eigenvalue weighted by Crippen LogP contribution is 2.38. The molecule has 9 rings (SSSR count). The SMILES string of the molecule is CC#C[C@@H](CC(=O)O)c1ccc(OC2CCc3cc(F)ccc32)cc1.CC#C[C@@H](CC(=O)OC)c1ccc(O)cc1.CC#C[C@@H](CC(=O)OC)c1ccc(OC2CCc3cc(F)ccc32)cc1.OC1CCc2cc(F)ccc21. The summed E-state index contributed by atoms with van der Waals surface area (Å²) in [6.45, 7) is 5.18. The van der Waals surface area contributed by atoms with Crippen molar-refractivity contribution >= 4 is 17.9 Å². The van der Waals surface area contributed by atoms with Crippen molar-refractivity contribution in [2.24, 2.45) is 0 Å². The lowest BCUT2D eigenvalue weighted by atomic mass is 9.96. The molecule has 6 atom stereocenters. The van der Waals surface area contributed by atoms with Crippen molar-refractivity contribution in [2.45, 2.75) is 115 Å². The number of carboxylic acid groups (broad SMARTS) is 1. The number of aryl methyl sites for hydroxylation is 3. The average Bonchev–Trinajstić information content (AvgIpc) is 4.15. The Hall–Kier alpha value is -8.44. The second-order valence-electron chi connectivity index (χ2n) is 18.6. The van der Waals surface area contributed by atoms with Crippen LogP contribution in [0.25, 0.3) is 0 Å². The topological polar surface area (TPSA) is 149 Å². The third kappa shape index (κ3) is 17.0. The summed E-state index contributed by atoms with van der Waals surface area (Å²) in [7, 11) is 2.73. The zero-order valence-electron chi connectivity index (χ0n) is 44.3. The van der Waals surface area contributed by atoms with E-state index in [0.29, 0.717) is 5.75 Å². The normalized spacial score (nSPS) is 16.0. The van der Waals surface area contributed by atoms with Gasteiger partial charge in [0.05, 0.1) is 57.3 Å². The van der Waals surface area contributed by atoms with Gasteiger partial charge in [0.25, 0.3) is 0 Å². The number of phenolic OH excluding ortho intramolecular Hbond substituents is 1. The Labute approximate surface area is 454 Å². The van der Waals surface area contributed by atoms with Gasteiger partial charge in [-0.05, 0) is 182 Å². The van der Waals surface area contributed by atoms with E-state index in [2.05, 4.69) is 40.3 Å². The second kappa shape index (κ2) is 29.2. The Morgan fingerprint density at radius 2 is 0.859 bits per heavy atom. The zero-order chi connectivity index (χ0) is 56.1. The number of hydrogen-bond acceptors (Lipinski definition) is 9. The van der Waals surface area contributed by atoms with Gasteiger partial charge >= 0.3 is 17.9 Å². The van der Waals surface area contributed by atoms with Crippen molar-refractivity contribution in [3.63, 3.8) is 0 Å². The van der Waals surface area contributed by atoms with E-state index in [9.17, 15) is 32.7 Å². The lowest BCUT2D eigenvalue weighted by molar-refractivity contribution is -0.141. The number of aliphatic hydroxyl groups excluding tert-OH is 1. The number of hydrogen-bond donors (Lipinski definition) is 3. The number of fused-ring (bicyclic) bond motifs is 3. The number of ether oxygens (including phenoxy) is 4. The van der Waals surface area contributed by atoms with Gasteiger partial charge in [-0.15, -0.1) is 17.8 Å². The van der Waals surface area contributed by atoms with E-state index in [1.54, 1.807) is 75.4 Å². The van der Waals surface area contributed by atoms with Crippen molar-refractivity contribution in [3.8, 4) is 52.8 Å². The molecular formula is C65H63F3O10. The molecule has 13 heteroatoms. The maximum absolute atomic E-state index is 13.3. The molecule has 3 aliphatic rings. The maximum Gasteiger partial charge on any atom is 0.307 e. The summed E-state index contributed by atoms with van der Waals surface area (Å²) >= 11 is 0. The number of aliphatic hydroxyl groups is 1. The van der Waals surface area contributed by atoms with Crippen molar-refractivity contribution in [2.75, 3.05) is 14.2 Å². The number of aliphatic carboxylic acids is 1. The number of carboxylic acids is 1. The Morgan fingerprint density at radius 1 is 0.513 bits per heavy atom. The Kier molecular flexibility index (Phi) is 22.0. The molecule has 0 spiro atoms. The number of rotatable bonds is 13. The van der Waals surface area contributed by atoms with Gasteiger partial charge < -0.3 is 34.3 Å². The number of benzene rings is 6. The van der Waals surface area contributed by atoms with Gasteiger partial charge in [0.1, 0.15) is 46.9 Å². The van der Waals surface area contributed by atoms with Crippen LogP contribution in [-0.4, -0.2) is 47.4 Å². The van der Waals surface area contributed by atoms with Crippen LogP contribution in [0.3, 0.4) is 0 Å². The standard InChI is InChI=1S/C22H21FO3.C21H19FO3.C13H14O3.C9H9FO/c1-3-4-16(14-22(24)25-2)15-5-9-19(10-6-15)26-21-12-7-17-13-18(23)8-11-20(17)21;1-2-3-15(13-21(23)24)14-4-8-18(9-5-14)25-20-11-6-16-12-17(22)7-10-19(16)20;1-3-4-11(9-13(15)16-2)10-5-7-12(14)8-6-10;10-7-2-3-8-6(5-7)1-4-9(8)11/h5-6,8-11,13,16,21H,7,12,14H2,1-2H3;4-5,7-10,12,15,20H,6,11,13H2,1H3,(H,23,24);5-8,11,14H,9H2,1-2H3;2-3,5,9,11H,1,4H2/t16-,21?;15-,20?;11-;/m000./s1. The van der Waals surface area contributed by atoms with Crippen LogP contribution in [0.5, 0.6) is 17.2 Å². The summed E-state index contributed by atoms with van der Waals surface area (Å²) in [5.74, 6) is 16.2. The number of halogens is 3. The zero-order valence-corrected chi connectivity index (χ0v) is 44.3. The van der Waals surface area contributed by atoms with Crippen LogP contribution in [0.15, 0.2) is 127 Å². The third-order valence-corrected chi connectivity index (χ3v) is 13.4. The van der Waals surface area contributed by atoms with Gasteiger partial charge in [0, 0.05) is 0 Å². The largest absolute Gasteiger partial charge is 0.508 e. The molecule has 0 fully saturated rings. The van der Waals surface area contributed by atoms with E-state index in [4.69, 9.17) is 24.4 Å². The number of carbonyl (C=O) groups is 3. The van der Waals surface area contributed by atoms with Crippen LogP contribution in [0.4, 0.5) is 13.2 Å². The highest BCUT2D eigenvalue weighted by Gasteiger charge is 2.27. The predicted molar refractivity (Wildman–Crippen MR) is 291 cm³/mol. The fourth-order valence-corrected chi connectivity index (χ4v) is 9.45. The first kappa shape index (κ1) is 58.8. The first-order chi connectivity index (χ1) is 37.6. The molecule has 0 saturated carbocycles. The Morgan fingerprint density at radius 3 is 1.23 bits per heavy atom. The van der Waals surface area contributed by atoms with Crippen molar-refractivity contribution in [3.05, 3.63) is 195 Å². The van der Waals surface area contributed by atoms with Gasteiger partial charge in [-0.3, -0.25) is 14.4 Å². The molecule has 3 aliphatic carbocycles. The third-order valence-electron chi connectivity index (χ3n) is 13.4. The quantitative estimate of drug-likeness (QED) is 0.0754.